The van der Waals surface area contributed by atoms with Crippen LogP contribution >= 0.6 is 0 Å². The minimum absolute atomic E-state index is 0.0724. The van der Waals surface area contributed by atoms with Crippen molar-refractivity contribution in [1.82, 2.24) is 10.0 Å². The minimum Gasteiger partial charge on any atom is -0.378 e. The molecule has 21 heavy (non-hydrogen) atoms. The van der Waals surface area contributed by atoms with Gasteiger partial charge >= 0.3 is 0 Å². The minimum atomic E-state index is -3.56. The van der Waals surface area contributed by atoms with Gasteiger partial charge in [0, 0.05) is 13.2 Å². The fourth-order valence-electron chi connectivity index (χ4n) is 2.19. The molecule has 0 spiro atoms. The van der Waals surface area contributed by atoms with Gasteiger partial charge < -0.3 is 10.1 Å². The second-order valence-corrected chi connectivity index (χ2v) is 6.79. The zero-order valence-corrected chi connectivity index (χ0v) is 12.7. The Morgan fingerprint density at radius 1 is 1.24 bits per heavy atom. The predicted molar refractivity (Wildman–Crippen MR) is 78.0 cm³/mol. The van der Waals surface area contributed by atoms with Crippen LogP contribution in [0.4, 0.5) is 4.39 Å². The molecule has 0 atom stereocenters. The Hall–Kier alpha value is -1.02. The average molecular weight is 316 g/mol. The first-order valence-corrected chi connectivity index (χ1v) is 8.64. The number of nitrogens with one attached hydrogen (secondary N) is 2. The zero-order valence-electron chi connectivity index (χ0n) is 11.8. The maximum atomic E-state index is 12.8. The van der Waals surface area contributed by atoms with Crippen molar-refractivity contribution in [2.75, 3.05) is 26.2 Å². The second-order valence-electron chi connectivity index (χ2n) is 5.03. The maximum Gasteiger partial charge on any atom is 0.240 e. The number of piperidine rings is 1. The van der Waals surface area contributed by atoms with E-state index in [9.17, 15) is 12.8 Å². The van der Waals surface area contributed by atoms with Crippen molar-refractivity contribution in [2.45, 2.75) is 30.3 Å². The molecule has 1 heterocycles. The molecule has 0 bridgehead atoms. The molecule has 118 valence electrons. The van der Waals surface area contributed by atoms with Gasteiger partial charge in [-0.15, -0.1) is 0 Å². The SMILES string of the molecule is O=S(=O)(NCCCOC1CCNCC1)c1ccc(F)cc1. The van der Waals surface area contributed by atoms with Gasteiger partial charge in [-0.1, -0.05) is 0 Å². The highest BCUT2D eigenvalue weighted by atomic mass is 32.2. The molecule has 1 aliphatic rings. The Morgan fingerprint density at radius 2 is 1.90 bits per heavy atom. The second kappa shape index (κ2) is 7.84. The number of sulfonamides is 1. The van der Waals surface area contributed by atoms with Gasteiger partial charge in [-0.3, -0.25) is 0 Å². The van der Waals surface area contributed by atoms with Crippen LogP contribution in [0.3, 0.4) is 0 Å². The van der Waals surface area contributed by atoms with Crippen LogP contribution in [-0.2, 0) is 14.8 Å². The van der Waals surface area contributed by atoms with Gasteiger partial charge in [0.1, 0.15) is 5.82 Å². The van der Waals surface area contributed by atoms with Crippen LogP contribution in [-0.4, -0.2) is 40.8 Å². The lowest BCUT2D eigenvalue weighted by Crippen LogP contribution is -2.33. The van der Waals surface area contributed by atoms with Gasteiger partial charge in [-0.25, -0.2) is 17.5 Å². The Bertz CT molecular complexity index is 528. The van der Waals surface area contributed by atoms with Crippen molar-refractivity contribution in [2.24, 2.45) is 0 Å². The van der Waals surface area contributed by atoms with E-state index < -0.39 is 15.8 Å². The highest BCUT2D eigenvalue weighted by molar-refractivity contribution is 7.89. The fourth-order valence-corrected chi connectivity index (χ4v) is 3.26. The quantitative estimate of drug-likeness (QED) is 0.743. The number of hydrogen-bond donors (Lipinski definition) is 2. The topological polar surface area (TPSA) is 67.4 Å². The first-order valence-electron chi connectivity index (χ1n) is 7.15. The average Bonchev–Trinajstić information content (AvgIpc) is 2.48. The highest BCUT2D eigenvalue weighted by Crippen LogP contribution is 2.10. The van der Waals surface area contributed by atoms with Gasteiger partial charge in [-0.05, 0) is 56.6 Å². The molecular formula is C14H21FN2O3S. The summed E-state index contributed by atoms with van der Waals surface area (Å²) in [5.74, 6) is -0.454. The van der Waals surface area contributed by atoms with E-state index in [4.69, 9.17) is 4.74 Å². The lowest BCUT2D eigenvalue weighted by atomic mass is 10.1. The summed E-state index contributed by atoms with van der Waals surface area (Å²) in [7, 11) is -3.56. The molecule has 1 fully saturated rings. The fraction of sp³-hybridized carbons (Fsp3) is 0.571. The number of benzene rings is 1. The summed E-state index contributed by atoms with van der Waals surface area (Å²) in [4.78, 5) is 0.0724. The molecule has 1 aromatic rings. The van der Waals surface area contributed by atoms with Crippen LogP contribution in [0.2, 0.25) is 0 Å². The van der Waals surface area contributed by atoms with Crippen molar-refractivity contribution in [3.63, 3.8) is 0 Å². The first kappa shape index (κ1) is 16.4. The number of halogens is 1. The predicted octanol–water partition coefficient (Wildman–Crippen LogP) is 1.26. The van der Waals surface area contributed by atoms with E-state index in [1.165, 1.54) is 12.1 Å². The summed E-state index contributed by atoms with van der Waals surface area (Å²) >= 11 is 0. The van der Waals surface area contributed by atoms with E-state index in [2.05, 4.69) is 10.0 Å². The van der Waals surface area contributed by atoms with E-state index in [0.29, 0.717) is 19.6 Å². The van der Waals surface area contributed by atoms with Gasteiger partial charge in [-0.2, -0.15) is 0 Å². The molecule has 5 nitrogen and oxygen atoms in total. The normalized spacial score (nSPS) is 17.0. The monoisotopic (exact) mass is 316 g/mol. The molecular weight excluding hydrogens is 295 g/mol. The van der Waals surface area contributed by atoms with Crippen molar-refractivity contribution in [3.8, 4) is 0 Å². The molecule has 7 heteroatoms. The van der Waals surface area contributed by atoms with Gasteiger partial charge in [0.25, 0.3) is 0 Å². The molecule has 1 aromatic carbocycles. The molecule has 0 aliphatic carbocycles. The highest BCUT2D eigenvalue weighted by Gasteiger charge is 2.14. The molecule has 1 aliphatic heterocycles. The summed E-state index contributed by atoms with van der Waals surface area (Å²) in [5.41, 5.74) is 0. The lowest BCUT2D eigenvalue weighted by molar-refractivity contribution is 0.0322. The summed E-state index contributed by atoms with van der Waals surface area (Å²) in [6, 6.07) is 4.77. The Labute approximate surface area is 124 Å². The number of rotatable bonds is 7. The Kier molecular flexibility index (Phi) is 6.10. The maximum absolute atomic E-state index is 12.8. The smallest absolute Gasteiger partial charge is 0.240 e. The summed E-state index contributed by atoms with van der Waals surface area (Å²) in [6.07, 6.45) is 2.90. The van der Waals surface area contributed by atoms with Crippen LogP contribution in [0.5, 0.6) is 0 Å². The molecule has 2 N–H and O–H groups in total. The molecule has 0 unspecified atom stereocenters. The van der Waals surface area contributed by atoms with Gasteiger partial charge in [0.15, 0.2) is 0 Å². The largest absolute Gasteiger partial charge is 0.378 e. The summed E-state index contributed by atoms with van der Waals surface area (Å²) in [6.45, 7) is 2.80. The van der Waals surface area contributed by atoms with E-state index in [1.807, 2.05) is 0 Å². The molecule has 0 amide bonds. The van der Waals surface area contributed by atoms with Crippen LogP contribution in [0.15, 0.2) is 29.2 Å². The van der Waals surface area contributed by atoms with E-state index in [-0.39, 0.29) is 11.0 Å². The molecule has 2 rings (SSSR count). The number of ether oxygens (including phenoxy) is 1. The van der Waals surface area contributed by atoms with Crippen molar-refractivity contribution in [3.05, 3.63) is 30.1 Å². The third-order valence-electron chi connectivity index (χ3n) is 3.38. The van der Waals surface area contributed by atoms with Crippen LogP contribution < -0.4 is 10.0 Å². The van der Waals surface area contributed by atoms with E-state index in [0.717, 1.165) is 38.1 Å². The van der Waals surface area contributed by atoms with Gasteiger partial charge in [0.05, 0.1) is 11.0 Å². The third kappa shape index (κ3) is 5.35. The number of hydrogen-bond acceptors (Lipinski definition) is 4. The molecule has 1 saturated heterocycles. The van der Waals surface area contributed by atoms with Crippen LogP contribution in [0.1, 0.15) is 19.3 Å². The van der Waals surface area contributed by atoms with Crippen molar-refractivity contribution >= 4 is 10.0 Å². The third-order valence-corrected chi connectivity index (χ3v) is 4.85. The standard InChI is InChI=1S/C14H21FN2O3S/c15-12-2-4-14(5-3-12)21(18,19)17-8-1-11-20-13-6-9-16-10-7-13/h2-5,13,16-17H,1,6-11H2. The van der Waals surface area contributed by atoms with Gasteiger partial charge in [0.2, 0.25) is 10.0 Å². The van der Waals surface area contributed by atoms with Crippen molar-refractivity contribution in [1.29, 1.82) is 0 Å². The zero-order chi connectivity index (χ0) is 15.1. The first-order chi connectivity index (χ1) is 10.1. The molecule has 0 saturated carbocycles. The summed E-state index contributed by atoms with van der Waals surface area (Å²) < 4.78 is 44.8. The Morgan fingerprint density at radius 3 is 2.57 bits per heavy atom. The van der Waals surface area contributed by atoms with E-state index >= 15 is 0 Å². The lowest BCUT2D eigenvalue weighted by Gasteiger charge is -2.22. The van der Waals surface area contributed by atoms with E-state index in [1.54, 1.807) is 0 Å². The van der Waals surface area contributed by atoms with Crippen LogP contribution in [0.25, 0.3) is 0 Å². The molecule has 0 aromatic heterocycles. The molecule has 0 radical (unpaired) electrons. The Balaban J connectivity index is 1.68. The van der Waals surface area contributed by atoms with Crippen molar-refractivity contribution < 1.29 is 17.5 Å². The summed E-state index contributed by atoms with van der Waals surface area (Å²) in [5, 5.41) is 3.26. The van der Waals surface area contributed by atoms with Crippen LogP contribution in [0, 0.1) is 5.82 Å².